The van der Waals surface area contributed by atoms with Gasteiger partial charge < -0.3 is 15.8 Å². The summed E-state index contributed by atoms with van der Waals surface area (Å²) < 4.78 is 8.91. The maximum absolute atomic E-state index is 5.31. The van der Waals surface area contributed by atoms with Crippen molar-refractivity contribution >= 4 is 16.5 Å². The van der Waals surface area contributed by atoms with Crippen molar-refractivity contribution < 1.29 is 4.74 Å². The third-order valence-corrected chi connectivity index (χ3v) is 1.87. The topological polar surface area (TPSA) is 60.2 Å². The molecule has 0 spiro atoms. The average molecular weight is 173 g/mol. The zero-order valence-corrected chi connectivity index (χ0v) is 7.15. The molecular weight excluding hydrogens is 162 g/mol. The number of rotatable bonds is 4. The molecule has 0 atom stereocenters. The van der Waals surface area contributed by atoms with Gasteiger partial charge in [0, 0.05) is 19.2 Å². The van der Waals surface area contributed by atoms with Crippen LogP contribution in [0.4, 0.5) is 5.00 Å². The van der Waals surface area contributed by atoms with Crippen LogP contribution in [0.5, 0.6) is 5.88 Å². The first-order valence-corrected chi connectivity index (χ1v) is 4.09. The first kappa shape index (κ1) is 8.29. The van der Waals surface area contributed by atoms with E-state index in [9.17, 15) is 0 Å². The maximum Gasteiger partial charge on any atom is 0.227 e. The molecule has 4 nitrogen and oxygen atoms in total. The SMILES string of the molecule is COc1cc(NCCN)sn1. The molecule has 0 aromatic carbocycles. The summed E-state index contributed by atoms with van der Waals surface area (Å²) in [6.07, 6.45) is 0. The molecule has 1 aromatic heterocycles. The van der Waals surface area contributed by atoms with Crippen LogP contribution in [-0.2, 0) is 0 Å². The Balaban J connectivity index is 2.44. The van der Waals surface area contributed by atoms with Gasteiger partial charge in [0.15, 0.2) is 0 Å². The second kappa shape index (κ2) is 4.15. The Labute approximate surface area is 69.5 Å². The molecule has 0 bridgehead atoms. The van der Waals surface area contributed by atoms with Crippen LogP contribution >= 0.6 is 11.5 Å². The number of hydrogen-bond acceptors (Lipinski definition) is 5. The van der Waals surface area contributed by atoms with E-state index in [0.29, 0.717) is 12.4 Å². The summed E-state index contributed by atoms with van der Waals surface area (Å²) >= 11 is 1.37. The van der Waals surface area contributed by atoms with Crippen LogP contribution in [0.25, 0.3) is 0 Å². The van der Waals surface area contributed by atoms with Crippen molar-refractivity contribution in [1.82, 2.24) is 4.37 Å². The number of anilines is 1. The summed E-state index contributed by atoms with van der Waals surface area (Å²) in [4.78, 5) is 0. The van der Waals surface area contributed by atoms with Gasteiger partial charge in [-0.25, -0.2) is 0 Å². The third kappa shape index (κ3) is 2.36. The van der Waals surface area contributed by atoms with Crippen molar-refractivity contribution in [2.45, 2.75) is 0 Å². The van der Waals surface area contributed by atoms with Crippen molar-refractivity contribution in [3.63, 3.8) is 0 Å². The minimum atomic E-state index is 0.625. The Kier molecular flexibility index (Phi) is 3.13. The predicted octanol–water partition coefficient (Wildman–Crippen LogP) is 0.522. The quantitative estimate of drug-likeness (QED) is 0.697. The fourth-order valence-corrected chi connectivity index (χ4v) is 1.27. The van der Waals surface area contributed by atoms with Gasteiger partial charge >= 0.3 is 0 Å². The summed E-state index contributed by atoms with van der Waals surface area (Å²) in [6.45, 7) is 1.39. The lowest BCUT2D eigenvalue weighted by Crippen LogP contribution is -2.12. The van der Waals surface area contributed by atoms with E-state index in [4.69, 9.17) is 10.5 Å². The Bertz CT molecular complexity index is 213. The number of nitrogens with zero attached hydrogens (tertiary/aromatic N) is 1. The Morgan fingerprint density at radius 2 is 2.64 bits per heavy atom. The van der Waals surface area contributed by atoms with Gasteiger partial charge in [0.2, 0.25) is 5.88 Å². The highest BCUT2D eigenvalue weighted by Crippen LogP contribution is 2.20. The minimum absolute atomic E-state index is 0.625. The molecule has 0 aliphatic heterocycles. The smallest absolute Gasteiger partial charge is 0.227 e. The Morgan fingerprint density at radius 1 is 1.82 bits per heavy atom. The van der Waals surface area contributed by atoms with Gasteiger partial charge in [0.25, 0.3) is 0 Å². The van der Waals surface area contributed by atoms with Gasteiger partial charge in [0.05, 0.1) is 7.11 Å². The number of ether oxygens (including phenoxy) is 1. The molecule has 0 radical (unpaired) electrons. The van der Waals surface area contributed by atoms with E-state index in [-0.39, 0.29) is 0 Å². The lowest BCUT2D eigenvalue weighted by Gasteiger charge is -1.96. The van der Waals surface area contributed by atoms with E-state index in [2.05, 4.69) is 9.69 Å². The van der Waals surface area contributed by atoms with Gasteiger partial charge in [-0.15, -0.1) is 0 Å². The van der Waals surface area contributed by atoms with Gasteiger partial charge in [-0.1, -0.05) is 0 Å². The molecule has 1 rings (SSSR count). The highest BCUT2D eigenvalue weighted by molar-refractivity contribution is 7.10. The molecule has 62 valence electrons. The van der Waals surface area contributed by atoms with Gasteiger partial charge in [0.1, 0.15) is 5.00 Å². The fourth-order valence-electron chi connectivity index (χ4n) is 0.634. The largest absolute Gasteiger partial charge is 0.480 e. The van der Waals surface area contributed by atoms with Gasteiger partial charge in [-0.2, -0.15) is 4.37 Å². The number of aromatic nitrogens is 1. The summed E-state index contributed by atoms with van der Waals surface area (Å²) in [7, 11) is 1.60. The Morgan fingerprint density at radius 3 is 3.18 bits per heavy atom. The van der Waals surface area contributed by atoms with Crippen LogP contribution in [-0.4, -0.2) is 24.6 Å². The molecule has 5 heteroatoms. The Hall–Kier alpha value is -0.810. The summed E-state index contributed by atoms with van der Waals surface area (Å²) in [6, 6.07) is 1.85. The molecule has 0 saturated carbocycles. The molecule has 1 heterocycles. The van der Waals surface area contributed by atoms with Crippen LogP contribution in [0.15, 0.2) is 6.07 Å². The van der Waals surface area contributed by atoms with Crippen molar-refractivity contribution in [3.05, 3.63) is 6.07 Å². The molecule has 0 amide bonds. The van der Waals surface area contributed by atoms with Crippen LogP contribution in [0, 0.1) is 0 Å². The number of hydrogen-bond donors (Lipinski definition) is 2. The second-order valence-corrected chi connectivity index (χ2v) is 2.75. The van der Waals surface area contributed by atoms with Crippen LogP contribution < -0.4 is 15.8 Å². The molecule has 0 fully saturated rings. The first-order valence-electron chi connectivity index (χ1n) is 3.31. The molecule has 0 saturated heterocycles. The first-order chi connectivity index (χ1) is 5.36. The summed E-state index contributed by atoms with van der Waals surface area (Å²) in [5.41, 5.74) is 5.31. The van der Waals surface area contributed by atoms with E-state index in [1.54, 1.807) is 7.11 Å². The zero-order valence-electron chi connectivity index (χ0n) is 6.33. The normalized spacial score (nSPS) is 9.64. The molecule has 0 aliphatic rings. The number of nitrogens with two attached hydrogens (primary N) is 1. The molecule has 0 aliphatic carbocycles. The van der Waals surface area contributed by atoms with Crippen molar-refractivity contribution in [2.75, 3.05) is 25.5 Å². The molecule has 1 aromatic rings. The van der Waals surface area contributed by atoms with Gasteiger partial charge in [-0.05, 0) is 11.5 Å². The summed E-state index contributed by atoms with van der Waals surface area (Å²) in [5.74, 6) is 0.648. The van der Waals surface area contributed by atoms with Crippen LogP contribution in [0.1, 0.15) is 0 Å². The number of nitrogens with one attached hydrogen (secondary N) is 1. The zero-order chi connectivity index (χ0) is 8.10. The third-order valence-electron chi connectivity index (χ3n) is 1.14. The van der Waals surface area contributed by atoms with Crippen molar-refractivity contribution in [2.24, 2.45) is 5.73 Å². The second-order valence-electron chi connectivity index (χ2n) is 1.95. The number of methoxy groups -OCH3 is 1. The molecule has 0 unspecified atom stereocenters. The molecular formula is C6H11N3OS. The van der Waals surface area contributed by atoms with Crippen LogP contribution in [0.3, 0.4) is 0 Å². The standard InChI is InChI=1S/C6H11N3OS/c1-10-5-4-6(11-9-5)8-3-2-7/h4,8H,2-3,7H2,1H3. The predicted molar refractivity (Wildman–Crippen MR) is 46.2 cm³/mol. The van der Waals surface area contributed by atoms with Gasteiger partial charge in [-0.3, -0.25) is 0 Å². The highest BCUT2D eigenvalue weighted by Gasteiger charge is 1.98. The average Bonchev–Trinajstić information content (AvgIpc) is 2.48. The van der Waals surface area contributed by atoms with E-state index in [1.807, 2.05) is 6.07 Å². The van der Waals surface area contributed by atoms with E-state index in [1.165, 1.54) is 11.5 Å². The van der Waals surface area contributed by atoms with Crippen molar-refractivity contribution in [1.29, 1.82) is 0 Å². The lowest BCUT2D eigenvalue weighted by atomic mass is 10.6. The molecule has 3 N–H and O–H groups in total. The van der Waals surface area contributed by atoms with E-state index < -0.39 is 0 Å². The van der Waals surface area contributed by atoms with E-state index >= 15 is 0 Å². The molecule has 11 heavy (non-hydrogen) atoms. The summed E-state index contributed by atoms with van der Waals surface area (Å²) in [5, 5.41) is 4.09. The van der Waals surface area contributed by atoms with Crippen LogP contribution in [0.2, 0.25) is 0 Å². The monoisotopic (exact) mass is 173 g/mol. The minimum Gasteiger partial charge on any atom is -0.480 e. The fraction of sp³-hybridized carbons (Fsp3) is 0.500. The van der Waals surface area contributed by atoms with E-state index in [0.717, 1.165) is 11.5 Å². The van der Waals surface area contributed by atoms with Crippen molar-refractivity contribution in [3.8, 4) is 5.88 Å². The maximum atomic E-state index is 5.31. The highest BCUT2D eigenvalue weighted by atomic mass is 32.1. The lowest BCUT2D eigenvalue weighted by molar-refractivity contribution is 0.403.